The Morgan fingerprint density at radius 2 is 1.84 bits per heavy atom. The number of nitrogens with one attached hydrogen (secondary N) is 1. The van der Waals surface area contributed by atoms with E-state index in [9.17, 15) is 19.2 Å². The fourth-order valence-corrected chi connectivity index (χ4v) is 5.05. The van der Waals surface area contributed by atoms with Gasteiger partial charge in [0, 0.05) is 37.3 Å². The van der Waals surface area contributed by atoms with Gasteiger partial charge in [-0.3, -0.25) is 14.4 Å². The van der Waals surface area contributed by atoms with Crippen molar-refractivity contribution in [3.8, 4) is 5.75 Å². The van der Waals surface area contributed by atoms with Crippen molar-refractivity contribution >= 4 is 23.5 Å². The van der Waals surface area contributed by atoms with Crippen LogP contribution >= 0.6 is 0 Å². The predicted molar refractivity (Wildman–Crippen MR) is 116 cm³/mol. The summed E-state index contributed by atoms with van der Waals surface area (Å²) in [5, 5.41) is 2.64. The fraction of sp³-hybridized carbons (Fsp3) is 0.391. The first-order valence-corrected chi connectivity index (χ1v) is 10.7. The quantitative estimate of drug-likeness (QED) is 0.729. The SMILES string of the molecule is COc1ccc(N2C(=O)N[C@@H](CC(=O)N3C[C@@H]4C[C@H](C3)c3cccc(=O)n3C4)C2=O)cc1. The molecular formula is C23H24N4O5. The first-order valence-electron chi connectivity index (χ1n) is 10.7. The van der Waals surface area contributed by atoms with Gasteiger partial charge >= 0.3 is 6.03 Å². The molecule has 2 bridgehead atoms. The summed E-state index contributed by atoms with van der Waals surface area (Å²) in [5.74, 6) is 0.316. The van der Waals surface area contributed by atoms with Gasteiger partial charge in [-0.1, -0.05) is 6.07 Å². The summed E-state index contributed by atoms with van der Waals surface area (Å²) in [6.45, 7) is 1.66. The largest absolute Gasteiger partial charge is 0.497 e. The predicted octanol–water partition coefficient (Wildman–Crippen LogP) is 1.32. The molecule has 2 saturated heterocycles. The molecule has 0 unspecified atom stereocenters. The monoisotopic (exact) mass is 436 g/mol. The first-order chi connectivity index (χ1) is 15.4. The minimum absolute atomic E-state index is 0.00476. The number of imide groups is 1. The average Bonchev–Trinajstić information content (AvgIpc) is 3.07. The maximum Gasteiger partial charge on any atom is 0.329 e. The number of carbonyl (C=O) groups is 3. The summed E-state index contributed by atoms with van der Waals surface area (Å²) in [6, 6.07) is 10.4. The number of carbonyl (C=O) groups excluding carboxylic acids is 3. The average molecular weight is 436 g/mol. The van der Waals surface area contributed by atoms with Crippen molar-refractivity contribution < 1.29 is 19.1 Å². The van der Waals surface area contributed by atoms with Crippen LogP contribution in [0.4, 0.5) is 10.5 Å². The van der Waals surface area contributed by atoms with Crippen LogP contribution in [0.5, 0.6) is 5.75 Å². The summed E-state index contributed by atoms with van der Waals surface area (Å²) in [4.78, 5) is 53.4. The van der Waals surface area contributed by atoms with Crippen LogP contribution in [0.25, 0.3) is 0 Å². The molecule has 2 aromatic rings. The van der Waals surface area contributed by atoms with E-state index in [1.807, 2.05) is 10.6 Å². The van der Waals surface area contributed by atoms with E-state index >= 15 is 0 Å². The second-order valence-electron chi connectivity index (χ2n) is 8.57. The number of rotatable bonds is 4. The first kappa shape index (κ1) is 20.3. The van der Waals surface area contributed by atoms with Crippen molar-refractivity contribution in [2.45, 2.75) is 31.3 Å². The molecule has 4 heterocycles. The number of likely N-dealkylation sites (tertiary alicyclic amines) is 1. The third-order valence-electron chi connectivity index (χ3n) is 6.56. The van der Waals surface area contributed by atoms with E-state index < -0.39 is 18.0 Å². The second kappa shape index (κ2) is 7.81. The van der Waals surface area contributed by atoms with Gasteiger partial charge in [0.25, 0.3) is 11.5 Å². The highest BCUT2D eigenvalue weighted by Crippen LogP contribution is 2.35. The Kier molecular flexibility index (Phi) is 4.96. The van der Waals surface area contributed by atoms with Crippen LogP contribution in [0.3, 0.4) is 0 Å². The molecule has 1 N–H and O–H groups in total. The molecule has 3 atom stereocenters. The molecule has 0 aliphatic carbocycles. The standard InChI is InChI=1S/C23H24N4O5/c1-32-17-7-5-16(6-8-17)27-22(30)18(24-23(27)31)10-21(29)25-11-14-9-15(13-25)19-3-2-4-20(28)26(19)12-14/h2-8,14-15,18H,9-13H2,1H3,(H,24,31)/t14-,15+,18-/m0/s1. The number of nitrogens with zero attached hydrogens (tertiary/aromatic N) is 3. The Balaban J connectivity index is 1.28. The van der Waals surface area contributed by atoms with Crippen molar-refractivity contribution in [2.24, 2.45) is 5.92 Å². The molecule has 32 heavy (non-hydrogen) atoms. The van der Waals surface area contributed by atoms with E-state index in [0.29, 0.717) is 31.1 Å². The van der Waals surface area contributed by atoms with Crippen molar-refractivity contribution in [2.75, 3.05) is 25.1 Å². The van der Waals surface area contributed by atoms with Gasteiger partial charge in [-0.05, 0) is 42.7 Å². The maximum atomic E-state index is 13.1. The van der Waals surface area contributed by atoms with Crippen LogP contribution in [0.1, 0.15) is 24.5 Å². The van der Waals surface area contributed by atoms with E-state index in [0.717, 1.165) is 17.0 Å². The van der Waals surface area contributed by atoms with E-state index in [-0.39, 0.29) is 29.7 Å². The van der Waals surface area contributed by atoms with E-state index in [2.05, 4.69) is 5.32 Å². The van der Waals surface area contributed by atoms with Gasteiger partial charge in [-0.25, -0.2) is 9.69 Å². The number of hydrogen-bond donors (Lipinski definition) is 1. The van der Waals surface area contributed by atoms with Gasteiger partial charge in [-0.2, -0.15) is 0 Å². The van der Waals surface area contributed by atoms with Crippen molar-refractivity contribution in [3.63, 3.8) is 0 Å². The summed E-state index contributed by atoms with van der Waals surface area (Å²) in [5.41, 5.74) is 1.38. The highest BCUT2D eigenvalue weighted by Gasteiger charge is 2.42. The zero-order valence-electron chi connectivity index (χ0n) is 17.7. The third-order valence-corrected chi connectivity index (χ3v) is 6.56. The van der Waals surface area contributed by atoms with Gasteiger partial charge in [0.1, 0.15) is 11.8 Å². The van der Waals surface area contributed by atoms with Gasteiger partial charge in [0.2, 0.25) is 5.91 Å². The van der Waals surface area contributed by atoms with Gasteiger partial charge in [0.05, 0.1) is 19.2 Å². The van der Waals surface area contributed by atoms with E-state index in [1.165, 1.54) is 7.11 Å². The number of fused-ring (bicyclic) bond motifs is 4. The molecule has 3 aliphatic heterocycles. The fourth-order valence-electron chi connectivity index (χ4n) is 5.05. The topological polar surface area (TPSA) is 101 Å². The number of ether oxygens (including phenoxy) is 1. The molecule has 4 amide bonds. The van der Waals surface area contributed by atoms with Gasteiger partial charge in [0.15, 0.2) is 0 Å². The van der Waals surface area contributed by atoms with Crippen LogP contribution in [-0.4, -0.2) is 53.6 Å². The van der Waals surface area contributed by atoms with Crippen LogP contribution < -0.4 is 20.5 Å². The summed E-state index contributed by atoms with van der Waals surface area (Å²) in [7, 11) is 1.54. The van der Waals surface area contributed by atoms with Crippen LogP contribution in [-0.2, 0) is 16.1 Å². The molecule has 0 spiro atoms. The van der Waals surface area contributed by atoms with Gasteiger partial charge in [-0.15, -0.1) is 0 Å². The Morgan fingerprint density at radius 3 is 2.59 bits per heavy atom. The molecule has 166 valence electrons. The Labute approximate surface area is 184 Å². The lowest BCUT2D eigenvalue weighted by atomic mass is 9.83. The van der Waals surface area contributed by atoms with Crippen molar-refractivity contribution in [1.29, 1.82) is 0 Å². The van der Waals surface area contributed by atoms with Crippen LogP contribution in [0, 0.1) is 5.92 Å². The number of hydrogen-bond acceptors (Lipinski definition) is 5. The minimum atomic E-state index is -0.895. The normalized spacial score (nSPS) is 24.2. The summed E-state index contributed by atoms with van der Waals surface area (Å²) < 4.78 is 6.93. The highest BCUT2D eigenvalue weighted by atomic mass is 16.5. The summed E-state index contributed by atoms with van der Waals surface area (Å²) >= 11 is 0. The van der Waals surface area contributed by atoms with Crippen LogP contribution in [0.2, 0.25) is 0 Å². The number of methoxy groups -OCH3 is 1. The zero-order chi connectivity index (χ0) is 22.4. The Hall–Kier alpha value is -3.62. The number of pyridine rings is 1. The Morgan fingerprint density at radius 1 is 1.06 bits per heavy atom. The molecule has 9 nitrogen and oxygen atoms in total. The van der Waals surface area contributed by atoms with Gasteiger partial charge < -0.3 is 19.5 Å². The van der Waals surface area contributed by atoms with Crippen LogP contribution in [0.15, 0.2) is 47.3 Å². The van der Waals surface area contributed by atoms with E-state index in [1.54, 1.807) is 41.3 Å². The maximum absolute atomic E-state index is 13.1. The van der Waals surface area contributed by atoms with Crippen molar-refractivity contribution in [3.05, 3.63) is 58.5 Å². The number of amides is 4. The molecule has 0 radical (unpaired) electrons. The molecule has 1 aromatic heterocycles. The molecule has 0 saturated carbocycles. The molecular weight excluding hydrogens is 412 g/mol. The lowest BCUT2D eigenvalue weighted by Gasteiger charge is -2.43. The van der Waals surface area contributed by atoms with Crippen molar-refractivity contribution in [1.82, 2.24) is 14.8 Å². The highest BCUT2D eigenvalue weighted by molar-refractivity contribution is 6.22. The molecule has 1 aromatic carbocycles. The zero-order valence-corrected chi connectivity index (χ0v) is 17.7. The molecule has 5 rings (SSSR count). The van der Waals surface area contributed by atoms with E-state index in [4.69, 9.17) is 4.74 Å². The summed E-state index contributed by atoms with van der Waals surface area (Å²) in [6.07, 6.45) is 0.857. The number of piperidine rings is 1. The molecule has 9 heteroatoms. The number of anilines is 1. The minimum Gasteiger partial charge on any atom is -0.497 e. The molecule has 3 aliphatic rings. The smallest absolute Gasteiger partial charge is 0.329 e. The number of aromatic nitrogens is 1. The third kappa shape index (κ3) is 3.43. The molecule has 2 fully saturated rings. The number of benzene rings is 1. The number of urea groups is 1. The lowest BCUT2D eigenvalue weighted by molar-refractivity contribution is -0.136. The Bertz CT molecular complexity index is 1140. The lowest BCUT2D eigenvalue weighted by Crippen LogP contribution is -2.50. The second-order valence-corrected chi connectivity index (χ2v) is 8.57.